The molecule has 0 fully saturated rings. The van der Waals surface area contributed by atoms with Crippen LogP contribution in [0.4, 0.5) is 15.0 Å². The molecule has 0 atom stereocenters. The van der Waals surface area contributed by atoms with Crippen LogP contribution in [-0.4, -0.2) is 25.7 Å². The minimum Gasteiger partial charge on any atom is -0.439 e. The number of anilines is 1. The van der Waals surface area contributed by atoms with Crippen molar-refractivity contribution in [2.75, 3.05) is 5.32 Å². The van der Waals surface area contributed by atoms with Crippen LogP contribution in [0.25, 0.3) is 22.2 Å². The number of fused-ring (bicyclic) bond motifs is 2. The van der Waals surface area contributed by atoms with E-state index in [1.54, 1.807) is 36.5 Å². The summed E-state index contributed by atoms with van der Waals surface area (Å²) in [6.45, 7) is 1.36. The summed E-state index contributed by atoms with van der Waals surface area (Å²) in [6.07, 6.45) is 3.16. The first-order chi connectivity index (χ1) is 16.6. The highest BCUT2D eigenvalue weighted by atomic mass is 19.1. The van der Waals surface area contributed by atoms with E-state index in [1.165, 1.54) is 23.0 Å². The second kappa shape index (κ2) is 8.09. The number of hydrogen-bond donors (Lipinski definition) is 2. The van der Waals surface area contributed by atoms with Gasteiger partial charge in [-0.15, -0.1) is 0 Å². The summed E-state index contributed by atoms with van der Waals surface area (Å²) in [4.78, 5) is 21.4. The largest absolute Gasteiger partial charge is 0.439 e. The zero-order chi connectivity index (χ0) is 23.1. The normalized spacial score (nSPS) is 12.6. The average Bonchev–Trinajstić information content (AvgIpc) is 3.59. The quantitative estimate of drug-likeness (QED) is 0.404. The lowest BCUT2D eigenvalue weighted by atomic mass is 10.2. The molecule has 2 N–H and O–H groups in total. The van der Waals surface area contributed by atoms with Crippen molar-refractivity contribution in [1.82, 2.24) is 25.0 Å². The standard InChI is InChI=1S/C24H17FN6O3/c25-16-3-1-14(2-4-16)21-10-22(30-34-21)29-24(32)31-8-7-15-9-17(5-6-20(15)31)33-23-18-11-26-12-19(18)27-13-28-23/h1-10,13,26H,11-12H2,(H,29,30,32). The Balaban J connectivity index is 1.20. The molecular formula is C24H17FN6O3. The molecule has 5 aromatic rings. The fraction of sp³-hybridized carbons (Fsp3) is 0.0833. The molecule has 10 heteroatoms. The lowest BCUT2D eigenvalue weighted by Crippen LogP contribution is -2.18. The van der Waals surface area contributed by atoms with Gasteiger partial charge in [0.25, 0.3) is 0 Å². The third-order valence-corrected chi connectivity index (χ3v) is 5.56. The first-order valence-corrected chi connectivity index (χ1v) is 10.5. The molecule has 0 saturated heterocycles. The number of hydrogen-bond acceptors (Lipinski definition) is 7. The molecule has 0 saturated carbocycles. The molecular weight excluding hydrogens is 439 g/mol. The van der Waals surface area contributed by atoms with Gasteiger partial charge in [-0.1, -0.05) is 5.16 Å². The van der Waals surface area contributed by atoms with Gasteiger partial charge in [-0.25, -0.2) is 19.2 Å². The van der Waals surface area contributed by atoms with E-state index < -0.39 is 6.03 Å². The lowest BCUT2D eigenvalue weighted by molar-refractivity contribution is 0.254. The second-order valence-corrected chi connectivity index (χ2v) is 7.73. The number of benzene rings is 2. The minimum absolute atomic E-state index is 0.248. The SMILES string of the molecule is O=C(Nc1cc(-c2ccc(F)cc2)on1)n1ccc2cc(Oc3ncnc4c3CNC4)ccc21. The van der Waals surface area contributed by atoms with E-state index in [9.17, 15) is 9.18 Å². The first-order valence-electron chi connectivity index (χ1n) is 10.5. The lowest BCUT2D eigenvalue weighted by Gasteiger charge is -2.09. The van der Waals surface area contributed by atoms with Gasteiger partial charge in [0, 0.05) is 36.3 Å². The molecule has 9 nitrogen and oxygen atoms in total. The van der Waals surface area contributed by atoms with Crippen molar-refractivity contribution in [3.63, 3.8) is 0 Å². The Morgan fingerprint density at radius 3 is 2.85 bits per heavy atom. The summed E-state index contributed by atoms with van der Waals surface area (Å²) in [6, 6.07) is 14.2. The van der Waals surface area contributed by atoms with E-state index in [0.29, 0.717) is 41.6 Å². The van der Waals surface area contributed by atoms with Crippen LogP contribution in [0.15, 0.2) is 71.6 Å². The number of carbonyl (C=O) groups is 1. The maximum Gasteiger partial charge on any atom is 0.331 e. The molecule has 2 aromatic carbocycles. The Bertz CT molecular complexity index is 1530. The van der Waals surface area contributed by atoms with Gasteiger partial charge in [0.1, 0.15) is 17.9 Å². The van der Waals surface area contributed by atoms with Crippen molar-refractivity contribution in [3.8, 4) is 23.0 Å². The zero-order valence-electron chi connectivity index (χ0n) is 17.7. The average molecular weight is 456 g/mol. The number of nitrogens with one attached hydrogen (secondary N) is 2. The van der Waals surface area contributed by atoms with Crippen LogP contribution in [0.5, 0.6) is 11.6 Å². The van der Waals surface area contributed by atoms with E-state index in [1.807, 2.05) is 12.1 Å². The van der Waals surface area contributed by atoms with Gasteiger partial charge in [-0.2, -0.15) is 0 Å². The molecule has 168 valence electrons. The number of amides is 1. The predicted octanol–water partition coefficient (Wildman–Crippen LogP) is 4.70. The molecule has 0 unspecified atom stereocenters. The van der Waals surface area contributed by atoms with E-state index in [0.717, 1.165) is 16.6 Å². The van der Waals surface area contributed by atoms with Gasteiger partial charge in [0.15, 0.2) is 11.6 Å². The summed E-state index contributed by atoms with van der Waals surface area (Å²) in [7, 11) is 0. The Morgan fingerprint density at radius 1 is 1.09 bits per heavy atom. The highest BCUT2D eigenvalue weighted by molar-refractivity contribution is 5.98. The fourth-order valence-electron chi connectivity index (χ4n) is 3.88. The number of aromatic nitrogens is 4. The Hall–Kier alpha value is -4.57. The summed E-state index contributed by atoms with van der Waals surface area (Å²) in [5.74, 6) is 1.45. The summed E-state index contributed by atoms with van der Waals surface area (Å²) in [5.41, 5.74) is 3.23. The number of rotatable bonds is 4. The number of halogens is 1. The van der Waals surface area contributed by atoms with Crippen LogP contribution >= 0.6 is 0 Å². The monoisotopic (exact) mass is 456 g/mol. The minimum atomic E-state index is -0.401. The van der Waals surface area contributed by atoms with Crippen molar-refractivity contribution < 1.29 is 18.4 Å². The summed E-state index contributed by atoms with van der Waals surface area (Å²) in [5, 5.41) is 10.7. The first kappa shape index (κ1) is 20.1. The number of carbonyl (C=O) groups excluding carboxylic acids is 1. The maximum absolute atomic E-state index is 13.1. The molecule has 0 bridgehead atoms. The molecule has 1 aliphatic heterocycles. The zero-order valence-corrected chi connectivity index (χ0v) is 17.7. The van der Waals surface area contributed by atoms with Gasteiger partial charge in [0.2, 0.25) is 5.88 Å². The molecule has 0 radical (unpaired) electrons. The number of nitrogens with zero attached hydrogens (tertiary/aromatic N) is 4. The molecule has 0 spiro atoms. The van der Waals surface area contributed by atoms with Crippen LogP contribution in [0.3, 0.4) is 0 Å². The highest BCUT2D eigenvalue weighted by Gasteiger charge is 2.19. The van der Waals surface area contributed by atoms with Gasteiger partial charge >= 0.3 is 6.03 Å². The Morgan fingerprint density at radius 2 is 1.97 bits per heavy atom. The Kier molecular flexibility index (Phi) is 4.77. The molecule has 0 aliphatic carbocycles. The molecule has 4 heterocycles. The van der Waals surface area contributed by atoms with Gasteiger partial charge in [-0.05, 0) is 48.5 Å². The van der Waals surface area contributed by atoms with Gasteiger partial charge in [-0.3, -0.25) is 9.88 Å². The molecule has 1 amide bonds. The van der Waals surface area contributed by atoms with Gasteiger partial charge in [0.05, 0.1) is 16.8 Å². The van der Waals surface area contributed by atoms with E-state index in [-0.39, 0.29) is 11.6 Å². The molecule has 1 aliphatic rings. The molecule has 6 rings (SSSR count). The van der Waals surface area contributed by atoms with Crippen LogP contribution in [0.2, 0.25) is 0 Å². The number of ether oxygens (including phenoxy) is 1. The second-order valence-electron chi connectivity index (χ2n) is 7.73. The van der Waals surface area contributed by atoms with Crippen LogP contribution < -0.4 is 15.4 Å². The maximum atomic E-state index is 13.1. The predicted molar refractivity (Wildman–Crippen MR) is 121 cm³/mol. The third kappa shape index (κ3) is 3.65. The van der Waals surface area contributed by atoms with Crippen molar-refractivity contribution in [2.24, 2.45) is 0 Å². The van der Waals surface area contributed by atoms with E-state index >= 15 is 0 Å². The van der Waals surface area contributed by atoms with Crippen molar-refractivity contribution >= 4 is 22.8 Å². The summed E-state index contributed by atoms with van der Waals surface area (Å²) < 4.78 is 25.9. The Labute approximate surface area is 192 Å². The molecule has 34 heavy (non-hydrogen) atoms. The van der Waals surface area contributed by atoms with E-state index in [4.69, 9.17) is 9.26 Å². The van der Waals surface area contributed by atoms with Crippen LogP contribution in [0.1, 0.15) is 11.3 Å². The van der Waals surface area contributed by atoms with Crippen LogP contribution in [-0.2, 0) is 13.1 Å². The molecule has 3 aromatic heterocycles. The highest BCUT2D eigenvalue weighted by Crippen LogP contribution is 2.30. The van der Waals surface area contributed by atoms with Crippen molar-refractivity contribution in [1.29, 1.82) is 0 Å². The summed E-state index contributed by atoms with van der Waals surface area (Å²) >= 11 is 0. The van der Waals surface area contributed by atoms with Crippen molar-refractivity contribution in [3.05, 3.63) is 84.2 Å². The smallest absolute Gasteiger partial charge is 0.331 e. The topological polar surface area (TPSA) is 107 Å². The van der Waals surface area contributed by atoms with Gasteiger partial charge < -0.3 is 14.6 Å². The third-order valence-electron chi connectivity index (χ3n) is 5.56. The van der Waals surface area contributed by atoms with Crippen molar-refractivity contribution in [2.45, 2.75) is 13.1 Å². The van der Waals surface area contributed by atoms with Crippen LogP contribution in [0, 0.1) is 5.82 Å². The fourth-order valence-corrected chi connectivity index (χ4v) is 3.88. The van der Waals surface area contributed by atoms with E-state index in [2.05, 4.69) is 25.8 Å².